The van der Waals surface area contributed by atoms with E-state index in [2.05, 4.69) is 10.2 Å². The Hall–Kier alpha value is -2.96. The second-order valence-corrected chi connectivity index (χ2v) is 4.07. The van der Waals surface area contributed by atoms with Crippen molar-refractivity contribution in [3.63, 3.8) is 0 Å². The highest BCUT2D eigenvalue weighted by Crippen LogP contribution is 2.24. The first-order valence-electron chi connectivity index (χ1n) is 5.68. The zero-order chi connectivity index (χ0) is 14.7. The normalized spacial score (nSPS) is 10.1. The number of nitrogen functional groups attached to an aromatic ring is 1. The molecule has 0 aliphatic heterocycles. The number of aromatic carboxylic acids is 1. The minimum atomic E-state index is -1.07. The molecule has 0 aliphatic carbocycles. The van der Waals surface area contributed by atoms with Gasteiger partial charge < -0.3 is 15.7 Å². The summed E-state index contributed by atoms with van der Waals surface area (Å²) in [5.74, 6) is -1.38. The molecule has 2 aromatic rings. The second kappa shape index (κ2) is 5.35. The maximum absolute atomic E-state index is 12.2. The van der Waals surface area contributed by atoms with Crippen molar-refractivity contribution < 1.29 is 14.7 Å². The summed E-state index contributed by atoms with van der Waals surface area (Å²) in [5, 5.41) is 16.1. The van der Waals surface area contributed by atoms with Crippen molar-refractivity contribution in [2.75, 3.05) is 17.7 Å². The fourth-order valence-electron chi connectivity index (χ4n) is 1.71. The number of carbonyl (C=O) groups excluding carboxylic acids is 1. The molecule has 2 rings (SSSR count). The number of amides is 1. The molecule has 7 heteroatoms. The first kappa shape index (κ1) is 13.5. The van der Waals surface area contributed by atoms with E-state index in [0.29, 0.717) is 11.3 Å². The van der Waals surface area contributed by atoms with E-state index in [1.807, 2.05) is 0 Å². The lowest BCUT2D eigenvalue weighted by Gasteiger charge is -2.19. The lowest BCUT2D eigenvalue weighted by Crippen LogP contribution is -2.27. The molecule has 1 aromatic carbocycles. The number of carboxylic acid groups (broad SMARTS) is 1. The van der Waals surface area contributed by atoms with Crippen LogP contribution in [0.4, 0.5) is 11.4 Å². The van der Waals surface area contributed by atoms with Crippen LogP contribution in [0.3, 0.4) is 0 Å². The van der Waals surface area contributed by atoms with Crippen molar-refractivity contribution in [2.24, 2.45) is 0 Å². The molecule has 0 atom stereocenters. The van der Waals surface area contributed by atoms with Crippen molar-refractivity contribution >= 4 is 23.3 Å². The van der Waals surface area contributed by atoms with Gasteiger partial charge >= 0.3 is 5.97 Å². The Morgan fingerprint density at radius 3 is 2.50 bits per heavy atom. The molecule has 7 nitrogen and oxygen atoms in total. The molecule has 102 valence electrons. The van der Waals surface area contributed by atoms with Crippen LogP contribution in [0.15, 0.2) is 36.7 Å². The van der Waals surface area contributed by atoms with Crippen LogP contribution in [0.2, 0.25) is 0 Å². The van der Waals surface area contributed by atoms with Gasteiger partial charge in [-0.3, -0.25) is 4.79 Å². The van der Waals surface area contributed by atoms with E-state index in [4.69, 9.17) is 10.8 Å². The summed E-state index contributed by atoms with van der Waals surface area (Å²) in [6.07, 6.45) is 2.76. The monoisotopic (exact) mass is 272 g/mol. The molecule has 0 saturated heterocycles. The van der Waals surface area contributed by atoms with E-state index in [1.54, 1.807) is 7.05 Å². The summed E-state index contributed by atoms with van der Waals surface area (Å²) in [6.45, 7) is 0. The maximum Gasteiger partial charge on any atom is 0.335 e. The van der Waals surface area contributed by atoms with Gasteiger partial charge in [-0.15, -0.1) is 0 Å². The van der Waals surface area contributed by atoms with Crippen molar-refractivity contribution in [3.8, 4) is 0 Å². The third-order valence-electron chi connectivity index (χ3n) is 2.77. The summed E-state index contributed by atoms with van der Waals surface area (Å²) in [6, 6.07) is 5.73. The molecule has 1 heterocycles. The quantitative estimate of drug-likeness (QED) is 0.808. The van der Waals surface area contributed by atoms with Crippen LogP contribution >= 0.6 is 0 Å². The van der Waals surface area contributed by atoms with Gasteiger partial charge in [-0.2, -0.15) is 10.2 Å². The van der Waals surface area contributed by atoms with Crippen molar-refractivity contribution in [2.45, 2.75) is 0 Å². The highest BCUT2D eigenvalue weighted by molar-refractivity contribution is 6.07. The fourth-order valence-corrected chi connectivity index (χ4v) is 1.71. The molecular formula is C13H12N4O3. The predicted molar refractivity (Wildman–Crippen MR) is 72.6 cm³/mol. The number of hydrogen-bond donors (Lipinski definition) is 2. The minimum Gasteiger partial charge on any atom is -0.478 e. The van der Waals surface area contributed by atoms with Gasteiger partial charge in [-0.1, -0.05) is 0 Å². The van der Waals surface area contributed by atoms with E-state index in [9.17, 15) is 9.59 Å². The van der Waals surface area contributed by atoms with Crippen LogP contribution in [0, 0.1) is 0 Å². The van der Waals surface area contributed by atoms with Crippen molar-refractivity contribution in [3.05, 3.63) is 47.8 Å². The van der Waals surface area contributed by atoms with Crippen molar-refractivity contribution in [1.29, 1.82) is 0 Å². The van der Waals surface area contributed by atoms with Crippen molar-refractivity contribution in [1.82, 2.24) is 10.2 Å². The molecule has 0 radical (unpaired) electrons. The molecule has 0 fully saturated rings. The van der Waals surface area contributed by atoms with Crippen LogP contribution in [0.1, 0.15) is 20.7 Å². The zero-order valence-electron chi connectivity index (χ0n) is 10.6. The van der Waals surface area contributed by atoms with Crippen LogP contribution in [-0.4, -0.2) is 34.2 Å². The van der Waals surface area contributed by atoms with Gasteiger partial charge in [0.05, 0.1) is 34.9 Å². The smallest absolute Gasteiger partial charge is 0.335 e. The van der Waals surface area contributed by atoms with E-state index in [-0.39, 0.29) is 17.2 Å². The number of nitrogens with zero attached hydrogens (tertiary/aromatic N) is 3. The summed E-state index contributed by atoms with van der Waals surface area (Å²) in [7, 11) is 1.55. The third-order valence-corrected chi connectivity index (χ3v) is 2.77. The molecule has 20 heavy (non-hydrogen) atoms. The summed E-state index contributed by atoms with van der Waals surface area (Å²) in [5.41, 5.74) is 6.86. The Bertz CT molecular complexity index is 658. The minimum absolute atomic E-state index is 0.0673. The lowest BCUT2D eigenvalue weighted by atomic mass is 10.1. The van der Waals surface area contributed by atoms with Crippen LogP contribution in [0.25, 0.3) is 0 Å². The van der Waals surface area contributed by atoms with E-state index >= 15 is 0 Å². The highest BCUT2D eigenvalue weighted by atomic mass is 16.4. The van der Waals surface area contributed by atoms with Crippen LogP contribution < -0.4 is 10.6 Å². The number of carbonyl (C=O) groups is 2. The highest BCUT2D eigenvalue weighted by Gasteiger charge is 2.17. The second-order valence-electron chi connectivity index (χ2n) is 4.07. The molecule has 1 amide bonds. The molecule has 0 unspecified atom stereocenters. The molecule has 0 aliphatic rings. The van der Waals surface area contributed by atoms with Gasteiger partial charge in [0.15, 0.2) is 0 Å². The lowest BCUT2D eigenvalue weighted by molar-refractivity contribution is 0.0697. The van der Waals surface area contributed by atoms with Gasteiger partial charge in [-0.25, -0.2) is 4.79 Å². The number of benzene rings is 1. The van der Waals surface area contributed by atoms with Gasteiger partial charge in [0.2, 0.25) is 0 Å². The number of aromatic nitrogens is 2. The Morgan fingerprint density at radius 2 is 1.95 bits per heavy atom. The maximum atomic E-state index is 12.2. The molecule has 0 saturated carbocycles. The third kappa shape index (κ3) is 2.56. The Kier molecular flexibility index (Phi) is 3.60. The number of hydrogen-bond acceptors (Lipinski definition) is 5. The Balaban J connectivity index is 2.32. The molecular weight excluding hydrogens is 260 g/mol. The molecule has 0 spiro atoms. The topological polar surface area (TPSA) is 109 Å². The van der Waals surface area contributed by atoms with E-state index < -0.39 is 5.97 Å². The summed E-state index contributed by atoms with van der Waals surface area (Å²) < 4.78 is 0. The predicted octanol–water partition coefficient (Wildman–Crippen LogP) is 1.03. The van der Waals surface area contributed by atoms with Crippen LogP contribution in [-0.2, 0) is 0 Å². The van der Waals surface area contributed by atoms with Gasteiger partial charge in [-0.05, 0) is 24.3 Å². The number of carboxylic acids is 1. The molecule has 3 N–H and O–H groups in total. The average Bonchev–Trinajstić information content (AvgIpc) is 2.46. The summed E-state index contributed by atoms with van der Waals surface area (Å²) in [4.78, 5) is 24.4. The first-order chi connectivity index (χ1) is 9.50. The van der Waals surface area contributed by atoms with E-state index in [1.165, 1.54) is 41.6 Å². The fraction of sp³-hybridized carbons (Fsp3) is 0.0769. The largest absolute Gasteiger partial charge is 0.478 e. The van der Waals surface area contributed by atoms with Gasteiger partial charge in [0.25, 0.3) is 5.91 Å². The number of nitrogens with two attached hydrogens (primary N) is 1. The molecule has 1 aromatic heterocycles. The van der Waals surface area contributed by atoms with E-state index in [0.717, 1.165) is 0 Å². The standard InChI is InChI=1S/C13H12N4O3/c1-17(12(18)9-4-5-15-16-7-9)11-3-2-8(13(19)20)6-10(11)14/h2-7H,14H2,1H3,(H,19,20). The zero-order valence-corrected chi connectivity index (χ0v) is 10.6. The first-order valence-corrected chi connectivity index (χ1v) is 5.68. The Labute approximate surface area is 114 Å². The number of anilines is 2. The Morgan fingerprint density at radius 1 is 1.20 bits per heavy atom. The molecule has 0 bridgehead atoms. The van der Waals surface area contributed by atoms with Gasteiger partial charge in [0, 0.05) is 7.05 Å². The summed E-state index contributed by atoms with van der Waals surface area (Å²) >= 11 is 0. The van der Waals surface area contributed by atoms with Crippen LogP contribution in [0.5, 0.6) is 0 Å². The number of rotatable bonds is 3. The SMILES string of the molecule is CN(C(=O)c1ccnnc1)c1ccc(C(=O)O)cc1N. The average molecular weight is 272 g/mol. The van der Waals surface area contributed by atoms with Gasteiger partial charge in [0.1, 0.15) is 0 Å².